The zero-order chi connectivity index (χ0) is 19.3. The van der Waals surface area contributed by atoms with Gasteiger partial charge in [-0.2, -0.15) is 0 Å². The Morgan fingerprint density at radius 2 is 2.00 bits per heavy atom. The number of nitrogens with one attached hydrogen (secondary N) is 1. The lowest BCUT2D eigenvalue weighted by Gasteiger charge is -2.20. The predicted octanol–water partition coefficient (Wildman–Crippen LogP) is 4.02. The molecule has 2 aromatic carbocycles. The van der Waals surface area contributed by atoms with Crippen molar-refractivity contribution in [2.45, 2.75) is 32.1 Å². The molecule has 27 heavy (non-hydrogen) atoms. The Kier molecular flexibility index (Phi) is 4.38. The van der Waals surface area contributed by atoms with Crippen LogP contribution in [0, 0.1) is 17.8 Å². The summed E-state index contributed by atoms with van der Waals surface area (Å²) in [5, 5.41) is 1.60. The van der Waals surface area contributed by atoms with Crippen molar-refractivity contribution in [1.82, 2.24) is 0 Å². The zero-order valence-electron chi connectivity index (χ0n) is 15.6. The number of nitrogens with zero attached hydrogens (tertiary/aromatic N) is 1. The van der Waals surface area contributed by atoms with Gasteiger partial charge in [0.25, 0.3) is 0 Å². The van der Waals surface area contributed by atoms with Crippen LogP contribution in [0.4, 0.5) is 11.4 Å². The summed E-state index contributed by atoms with van der Waals surface area (Å²) in [5.74, 6) is -0.994. The van der Waals surface area contributed by atoms with E-state index in [1.807, 2.05) is 51.1 Å². The normalized spacial score (nSPS) is 25.6. The number of benzene rings is 2. The molecule has 0 spiro atoms. The smallest absolute Gasteiger partial charge is 0.238 e. The first-order valence-corrected chi connectivity index (χ1v) is 10.4. The molecular weight excluding hydrogens is 360 g/mol. The lowest BCUT2D eigenvalue weighted by atomic mass is 9.82. The van der Waals surface area contributed by atoms with E-state index in [9.17, 15) is 13.8 Å². The highest BCUT2D eigenvalue weighted by Gasteiger charge is 2.48. The number of hydrogen-bond acceptors (Lipinski definition) is 3. The Hall–Kier alpha value is -2.47. The molecular formula is C21H22N2O3S. The standard InChI is InChI=1S/C21H22N2O3S/c1-4-7-13(5-2)18-12(3)20(24)23(21(18)25)16-11-10-15-19-14(16)8-6-9-17(19)27(26)22-15/h4,6-13,18,22H,5H2,1-3H3/b7-4-. The third-order valence-electron chi connectivity index (χ3n) is 5.65. The molecule has 1 saturated heterocycles. The van der Waals surface area contributed by atoms with Gasteiger partial charge in [-0.05, 0) is 37.5 Å². The van der Waals surface area contributed by atoms with Crippen LogP contribution in [-0.4, -0.2) is 16.0 Å². The Labute approximate surface area is 161 Å². The first-order valence-electron chi connectivity index (χ1n) is 9.24. The molecule has 0 aliphatic carbocycles. The minimum atomic E-state index is -1.31. The largest absolute Gasteiger partial charge is 0.300 e. The first-order chi connectivity index (χ1) is 13.0. The summed E-state index contributed by atoms with van der Waals surface area (Å²) < 4.78 is 15.2. The van der Waals surface area contributed by atoms with Crippen LogP contribution in [0.25, 0.3) is 10.8 Å². The molecule has 2 aliphatic heterocycles. The molecule has 140 valence electrons. The van der Waals surface area contributed by atoms with E-state index in [4.69, 9.17) is 0 Å². The van der Waals surface area contributed by atoms with Gasteiger partial charge in [0.2, 0.25) is 11.8 Å². The SMILES string of the molecule is C/C=C\C(CC)C1C(=O)N(c2ccc3c4c(cccc24)S(=O)N3)C(=O)C1C. The number of amides is 2. The third kappa shape index (κ3) is 2.54. The summed E-state index contributed by atoms with van der Waals surface area (Å²) in [4.78, 5) is 28.4. The minimum absolute atomic E-state index is 0.0393. The van der Waals surface area contributed by atoms with Gasteiger partial charge >= 0.3 is 0 Å². The van der Waals surface area contributed by atoms with Crippen molar-refractivity contribution in [3.05, 3.63) is 42.5 Å². The molecule has 2 heterocycles. The fourth-order valence-electron chi connectivity index (χ4n) is 4.32. The molecule has 4 atom stereocenters. The topological polar surface area (TPSA) is 66.5 Å². The Morgan fingerprint density at radius 1 is 1.22 bits per heavy atom. The second-order valence-corrected chi connectivity index (χ2v) is 8.29. The van der Waals surface area contributed by atoms with Gasteiger partial charge in [-0.3, -0.25) is 9.59 Å². The Morgan fingerprint density at radius 3 is 2.70 bits per heavy atom. The molecule has 0 saturated carbocycles. The lowest BCUT2D eigenvalue weighted by Crippen LogP contribution is -2.32. The fourth-order valence-corrected chi connectivity index (χ4v) is 5.41. The molecule has 5 nitrogen and oxygen atoms in total. The van der Waals surface area contributed by atoms with Crippen LogP contribution >= 0.6 is 0 Å². The highest BCUT2D eigenvalue weighted by Crippen LogP contribution is 2.44. The lowest BCUT2D eigenvalue weighted by molar-refractivity contribution is -0.122. The number of anilines is 2. The van der Waals surface area contributed by atoms with Gasteiger partial charge in [-0.15, -0.1) is 0 Å². The number of carbonyl (C=O) groups is 2. The monoisotopic (exact) mass is 382 g/mol. The second-order valence-electron chi connectivity index (χ2n) is 7.11. The van der Waals surface area contributed by atoms with Crippen LogP contribution < -0.4 is 9.62 Å². The molecule has 0 bridgehead atoms. The van der Waals surface area contributed by atoms with E-state index in [-0.39, 0.29) is 29.6 Å². The maximum atomic E-state index is 13.3. The van der Waals surface area contributed by atoms with Crippen LogP contribution in [0.3, 0.4) is 0 Å². The number of hydrogen-bond donors (Lipinski definition) is 1. The van der Waals surface area contributed by atoms with Gasteiger partial charge < -0.3 is 4.72 Å². The average molecular weight is 382 g/mol. The molecule has 2 aliphatic rings. The molecule has 6 heteroatoms. The summed E-state index contributed by atoms with van der Waals surface area (Å²) in [6.45, 7) is 5.81. The first kappa shape index (κ1) is 17.9. The van der Waals surface area contributed by atoms with Crippen molar-refractivity contribution in [3.8, 4) is 0 Å². The summed E-state index contributed by atoms with van der Waals surface area (Å²) in [5.41, 5.74) is 1.35. The van der Waals surface area contributed by atoms with Gasteiger partial charge in [-0.1, -0.05) is 38.1 Å². The van der Waals surface area contributed by atoms with Gasteiger partial charge in [0.15, 0.2) is 11.0 Å². The number of carbonyl (C=O) groups excluding carboxylic acids is 2. The maximum Gasteiger partial charge on any atom is 0.238 e. The molecule has 0 aromatic heterocycles. The molecule has 4 unspecified atom stereocenters. The van der Waals surface area contributed by atoms with Crippen molar-refractivity contribution in [2.75, 3.05) is 9.62 Å². The fraction of sp³-hybridized carbons (Fsp3) is 0.333. The van der Waals surface area contributed by atoms with Crippen molar-refractivity contribution in [2.24, 2.45) is 17.8 Å². The number of allylic oxidation sites excluding steroid dienone is 2. The van der Waals surface area contributed by atoms with Crippen LogP contribution in [0.2, 0.25) is 0 Å². The van der Waals surface area contributed by atoms with E-state index in [1.54, 1.807) is 12.1 Å². The molecule has 2 aromatic rings. The van der Waals surface area contributed by atoms with Crippen LogP contribution in [0.15, 0.2) is 47.4 Å². The van der Waals surface area contributed by atoms with Gasteiger partial charge in [0, 0.05) is 16.7 Å². The van der Waals surface area contributed by atoms with Crippen molar-refractivity contribution in [1.29, 1.82) is 0 Å². The van der Waals surface area contributed by atoms with Crippen molar-refractivity contribution in [3.63, 3.8) is 0 Å². The van der Waals surface area contributed by atoms with Crippen molar-refractivity contribution >= 4 is 44.9 Å². The summed E-state index contributed by atoms with van der Waals surface area (Å²) >= 11 is 0. The number of imide groups is 1. The van der Waals surface area contributed by atoms with Crippen LogP contribution in [0.5, 0.6) is 0 Å². The molecule has 0 radical (unpaired) electrons. The highest BCUT2D eigenvalue weighted by molar-refractivity contribution is 7.87. The summed E-state index contributed by atoms with van der Waals surface area (Å²) in [6.07, 6.45) is 4.77. The highest BCUT2D eigenvalue weighted by atomic mass is 32.2. The van der Waals surface area contributed by atoms with E-state index in [0.717, 1.165) is 22.9 Å². The van der Waals surface area contributed by atoms with Crippen LogP contribution in [0.1, 0.15) is 27.2 Å². The number of rotatable bonds is 4. The zero-order valence-corrected chi connectivity index (χ0v) is 16.4. The maximum absolute atomic E-state index is 13.3. The van der Waals surface area contributed by atoms with Gasteiger partial charge in [-0.25, -0.2) is 9.11 Å². The molecule has 1 N–H and O–H groups in total. The van der Waals surface area contributed by atoms with E-state index in [2.05, 4.69) is 4.72 Å². The van der Waals surface area contributed by atoms with Crippen LogP contribution in [-0.2, 0) is 20.6 Å². The predicted molar refractivity (Wildman–Crippen MR) is 108 cm³/mol. The van der Waals surface area contributed by atoms with Gasteiger partial charge in [0.1, 0.15) is 0 Å². The average Bonchev–Trinajstić information content (AvgIpc) is 3.10. The molecule has 2 amide bonds. The quantitative estimate of drug-likeness (QED) is 0.642. The van der Waals surface area contributed by atoms with E-state index < -0.39 is 11.0 Å². The van der Waals surface area contributed by atoms with Gasteiger partial charge in [0.05, 0.1) is 22.2 Å². The Bertz CT molecular complexity index is 1010. The second kappa shape index (κ2) is 6.60. The third-order valence-corrected chi connectivity index (χ3v) is 6.79. The van der Waals surface area contributed by atoms with Crippen molar-refractivity contribution < 1.29 is 13.8 Å². The van der Waals surface area contributed by atoms with E-state index in [1.165, 1.54) is 4.90 Å². The summed E-state index contributed by atoms with van der Waals surface area (Å²) in [6, 6.07) is 9.08. The van der Waals surface area contributed by atoms with E-state index in [0.29, 0.717) is 10.6 Å². The summed E-state index contributed by atoms with van der Waals surface area (Å²) in [7, 11) is -1.31. The minimum Gasteiger partial charge on any atom is -0.300 e. The molecule has 4 rings (SSSR count). The van der Waals surface area contributed by atoms with E-state index >= 15 is 0 Å². The Balaban J connectivity index is 1.85. The molecule has 1 fully saturated rings.